The van der Waals surface area contributed by atoms with Crippen LogP contribution in [-0.4, -0.2) is 54.0 Å². The summed E-state index contributed by atoms with van der Waals surface area (Å²) in [5.74, 6) is -0.864. The van der Waals surface area contributed by atoms with Crippen LogP contribution in [0.3, 0.4) is 0 Å². The number of anilines is 1. The van der Waals surface area contributed by atoms with Crippen molar-refractivity contribution in [3.8, 4) is 5.75 Å². The molecule has 2 atom stereocenters. The lowest BCUT2D eigenvalue weighted by Crippen LogP contribution is -2.53. The molecule has 0 saturated heterocycles. The predicted octanol–water partition coefficient (Wildman–Crippen LogP) is 6.34. The van der Waals surface area contributed by atoms with Gasteiger partial charge in [-0.1, -0.05) is 62.8 Å². The molecule has 0 heterocycles. The van der Waals surface area contributed by atoms with Gasteiger partial charge in [0, 0.05) is 18.7 Å². The molecule has 0 aliphatic carbocycles. The Bertz CT molecular complexity index is 1270. The summed E-state index contributed by atoms with van der Waals surface area (Å²) in [6.07, 6.45) is 4.89. The highest BCUT2D eigenvalue weighted by Crippen LogP contribution is 2.29. The average molecular weight is 625 g/mol. The number of rotatable bonds is 17. The molecule has 0 bridgehead atoms. The lowest BCUT2D eigenvalue weighted by molar-refractivity contribution is -0.141. The largest absolute Gasteiger partial charge is 0.497 e. The highest BCUT2D eigenvalue weighted by Gasteiger charge is 2.37. The van der Waals surface area contributed by atoms with Crippen LogP contribution < -0.4 is 21.1 Å². The van der Waals surface area contributed by atoms with Gasteiger partial charge < -0.3 is 30.7 Å². The van der Waals surface area contributed by atoms with Gasteiger partial charge in [-0.15, -0.1) is 0 Å². The third-order valence-corrected chi connectivity index (χ3v) is 7.34. The van der Waals surface area contributed by atoms with E-state index in [-0.39, 0.29) is 19.4 Å². The highest BCUT2D eigenvalue weighted by molar-refractivity contribution is 5.99. The maximum Gasteiger partial charge on any atom is 0.408 e. The standard InChI is InChI=1S/C35H52N4O6/c1-8-9-10-11-12-13-22-39(33(42)29(20-21-30(36)40)38-34(43)45-35(4,5)6)31(28-19-14-24(2)23-25(28)3)32(41)37-26-15-17-27(44-7)18-16-26/h14-19,23,29,31H,8-13,20-22H2,1-7H3,(H2,36,40)(H,37,41)(H,38,43). The number of benzene rings is 2. The molecule has 0 fully saturated rings. The van der Waals surface area contributed by atoms with Crippen LogP contribution in [0.2, 0.25) is 0 Å². The molecule has 45 heavy (non-hydrogen) atoms. The van der Waals surface area contributed by atoms with Gasteiger partial charge in [0.1, 0.15) is 23.4 Å². The van der Waals surface area contributed by atoms with E-state index in [9.17, 15) is 19.2 Å². The topological polar surface area (TPSA) is 140 Å². The molecule has 0 aliphatic heterocycles. The molecular weight excluding hydrogens is 572 g/mol. The monoisotopic (exact) mass is 624 g/mol. The van der Waals surface area contributed by atoms with E-state index in [1.165, 1.54) is 4.90 Å². The van der Waals surface area contributed by atoms with Gasteiger partial charge in [-0.2, -0.15) is 0 Å². The number of carbonyl (C=O) groups excluding carboxylic acids is 4. The number of nitrogens with zero attached hydrogens (tertiary/aromatic N) is 1. The number of nitrogens with one attached hydrogen (secondary N) is 2. The van der Waals surface area contributed by atoms with Crippen LogP contribution in [0.25, 0.3) is 0 Å². The summed E-state index contributed by atoms with van der Waals surface area (Å²) in [6, 6.07) is 10.5. The van der Waals surface area contributed by atoms with Gasteiger partial charge in [0.25, 0.3) is 5.91 Å². The summed E-state index contributed by atoms with van der Waals surface area (Å²) in [6.45, 7) is 11.5. The van der Waals surface area contributed by atoms with Crippen molar-refractivity contribution in [1.82, 2.24) is 10.2 Å². The first kappa shape index (κ1) is 37.1. The molecule has 248 valence electrons. The quantitative estimate of drug-likeness (QED) is 0.176. The summed E-state index contributed by atoms with van der Waals surface area (Å²) in [5.41, 5.74) is 7.71. The third-order valence-electron chi connectivity index (χ3n) is 7.34. The minimum atomic E-state index is -1.14. The molecule has 10 nitrogen and oxygen atoms in total. The minimum absolute atomic E-state index is 0.0416. The molecule has 0 aromatic heterocycles. The second-order valence-electron chi connectivity index (χ2n) is 12.5. The number of nitrogens with two attached hydrogens (primary N) is 1. The predicted molar refractivity (Wildman–Crippen MR) is 177 cm³/mol. The number of alkyl carbamates (subject to hydrolysis) is 1. The molecule has 10 heteroatoms. The van der Waals surface area contributed by atoms with Crippen molar-refractivity contribution >= 4 is 29.5 Å². The Balaban J connectivity index is 2.57. The van der Waals surface area contributed by atoms with Crippen molar-refractivity contribution in [3.63, 3.8) is 0 Å². The highest BCUT2D eigenvalue weighted by atomic mass is 16.6. The zero-order valence-corrected chi connectivity index (χ0v) is 28.0. The molecular formula is C35H52N4O6. The Morgan fingerprint density at radius 3 is 2.16 bits per heavy atom. The van der Waals surface area contributed by atoms with Crippen LogP contribution >= 0.6 is 0 Å². The molecule has 4 N–H and O–H groups in total. The summed E-state index contributed by atoms with van der Waals surface area (Å²) < 4.78 is 10.7. The second-order valence-corrected chi connectivity index (χ2v) is 12.5. The smallest absolute Gasteiger partial charge is 0.408 e. The van der Waals surface area contributed by atoms with Crippen molar-refractivity contribution in [1.29, 1.82) is 0 Å². The summed E-state index contributed by atoms with van der Waals surface area (Å²) in [7, 11) is 1.56. The van der Waals surface area contributed by atoms with Gasteiger partial charge in [-0.3, -0.25) is 14.4 Å². The molecule has 0 saturated carbocycles. The SMILES string of the molecule is CCCCCCCCN(C(=O)C(CCC(N)=O)NC(=O)OC(C)(C)C)C(C(=O)Nc1ccc(OC)cc1)c1ccc(C)cc1C. The Hall–Kier alpha value is -4.08. The van der Waals surface area contributed by atoms with Gasteiger partial charge in [-0.25, -0.2) is 4.79 Å². The van der Waals surface area contributed by atoms with E-state index in [2.05, 4.69) is 17.6 Å². The van der Waals surface area contributed by atoms with E-state index >= 15 is 0 Å². The van der Waals surface area contributed by atoms with Gasteiger partial charge in [-0.05, 0) is 82.9 Å². The van der Waals surface area contributed by atoms with Gasteiger partial charge in [0.15, 0.2) is 0 Å². The number of hydrogen-bond acceptors (Lipinski definition) is 6. The molecule has 0 radical (unpaired) electrons. The number of primary amides is 1. The normalized spacial score (nSPS) is 12.5. The Labute approximate surface area is 268 Å². The summed E-state index contributed by atoms with van der Waals surface area (Å²) >= 11 is 0. The van der Waals surface area contributed by atoms with E-state index in [0.717, 1.165) is 43.2 Å². The van der Waals surface area contributed by atoms with E-state index in [1.807, 2.05) is 32.0 Å². The summed E-state index contributed by atoms with van der Waals surface area (Å²) in [5, 5.41) is 5.63. The van der Waals surface area contributed by atoms with Crippen LogP contribution in [0.1, 0.15) is 102 Å². The molecule has 4 amide bonds. The van der Waals surface area contributed by atoms with Crippen LogP contribution in [0.5, 0.6) is 5.75 Å². The zero-order valence-electron chi connectivity index (χ0n) is 28.0. The summed E-state index contributed by atoms with van der Waals surface area (Å²) in [4.78, 5) is 54.8. The van der Waals surface area contributed by atoms with Crippen molar-refractivity contribution in [2.75, 3.05) is 19.0 Å². The lowest BCUT2D eigenvalue weighted by Gasteiger charge is -2.35. The molecule has 2 aromatic rings. The van der Waals surface area contributed by atoms with Gasteiger partial charge in [0.2, 0.25) is 11.8 Å². The van der Waals surface area contributed by atoms with Crippen molar-refractivity contribution < 1.29 is 28.7 Å². The van der Waals surface area contributed by atoms with E-state index in [4.69, 9.17) is 15.2 Å². The third kappa shape index (κ3) is 12.8. The Morgan fingerprint density at radius 2 is 1.58 bits per heavy atom. The number of unbranched alkanes of at least 4 members (excludes halogenated alkanes) is 5. The molecule has 2 rings (SSSR count). The average Bonchev–Trinajstić information content (AvgIpc) is 2.96. The van der Waals surface area contributed by atoms with Crippen LogP contribution in [0.15, 0.2) is 42.5 Å². The first-order valence-corrected chi connectivity index (χ1v) is 15.9. The number of methoxy groups -OCH3 is 1. The maximum atomic E-state index is 14.5. The maximum absolute atomic E-state index is 14.5. The van der Waals surface area contributed by atoms with E-state index < -0.39 is 41.5 Å². The van der Waals surface area contributed by atoms with Crippen LogP contribution in [0, 0.1) is 13.8 Å². The van der Waals surface area contributed by atoms with Crippen molar-refractivity contribution in [3.05, 3.63) is 59.2 Å². The van der Waals surface area contributed by atoms with Crippen LogP contribution in [0.4, 0.5) is 10.5 Å². The fraction of sp³-hybridized carbons (Fsp3) is 0.543. The number of carbonyl (C=O) groups is 4. The number of amides is 4. The fourth-order valence-corrected chi connectivity index (χ4v) is 5.09. The Morgan fingerprint density at radius 1 is 0.933 bits per heavy atom. The number of ether oxygens (including phenoxy) is 2. The molecule has 0 spiro atoms. The zero-order chi connectivity index (χ0) is 33.6. The van der Waals surface area contributed by atoms with Gasteiger partial charge in [0.05, 0.1) is 7.11 Å². The fourth-order valence-electron chi connectivity index (χ4n) is 5.09. The lowest BCUT2D eigenvalue weighted by atomic mass is 9.95. The minimum Gasteiger partial charge on any atom is -0.497 e. The first-order valence-electron chi connectivity index (χ1n) is 15.9. The van der Waals surface area contributed by atoms with E-state index in [0.29, 0.717) is 23.4 Å². The Kier molecular flexibility index (Phi) is 14.9. The molecule has 0 aliphatic rings. The first-order chi connectivity index (χ1) is 21.2. The second kappa shape index (κ2) is 18.0. The van der Waals surface area contributed by atoms with Crippen LogP contribution in [-0.2, 0) is 19.1 Å². The van der Waals surface area contributed by atoms with Crippen molar-refractivity contribution in [2.45, 2.75) is 111 Å². The number of hydrogen-bond donors (Lipinski definition) is 3. The van der Waals surface area contributed by atoms with Crippen molar-refractivity contribution in [2.24, 2.45) is 5.73 Å². The molecule has 2 unspecified atom stereocenters. The van der Waals surface area contributed by atoms with E-state index in [1.54, 1.807) is 52.1 Å². The molecule has 2 aromatic carbocycles. The number of aryl methyl sites for hydroxylation is 2. The van der Waals surface area contributed by atoms with Gasteiger partial charge >= 0.3 is 6.09 Å².